The van der Waals surface area contributed by atoms with Crippen LogP contribution in [0.15, 0.2) is 0 Å². The molecule has 94 valence electrons. The van der Waals surface area contributed by atoms with Crippen LogP contribution in [-0.4, -0.2) is 21.7 Å². The molecule has 4 heteroatoms. The van der Waals surface area contributed by atoms with E-state index < -0.39 is 0 Å². The Kier molecular flexibility index (Phi) is 2.82. The van der Waals surface area contributed by atoms with E-state index in [0.717, 1.165) is 18.9 Å². The first kappa shape index (κ1) is 11.1. The standard InChI is InChI=1S/C13H22N4/c1-16-8-11-12(9-16)15-17(13(11)14)10-6-4-2-3-5-7-10/h10H,2-9,14H2,1H3. The molecule has 1 aromatic rings. The van der Waals surface area contributed by atoms with E-state index in [2.05, 4.69) is 16.6 Å². The summed E-state index contributed by atoms with van der Waals surface area (Å²) in [7, 11) is 2.12. The number of nitrogens with two attached hydrogens (primary N) is 1. The van der Waals surface area contributed by atoms with Crippen LogP contribution in [0, 0.1) is 0 Å². The Labute approximate surface area is 103 Å². The normalized spacial score (nSPS) is 22.6. The highest BCUT2D eigenvalue weighted by Crippen LogP contribution is 2.33. The molecule has 17 heavy (non-hydrogen) atoms. The number of rotatable bonds is 1. The number of hydrogen-bond donors (Lipinski definition) is 1. The fourth-order valence-electron chi connectivity index (χ4n) is 3.19. The third-order valence-electron chi connectivity index (χ3n) is 4.15. The lowest BCUT2D eigenvalue weighted by molar-refractivity contribution is 0.338. The molecule has 0 aromatic carbocycles. The highest BCUT2D eigenvalue weighted by molar-refractivity contribution is 5.45. The average Bonchev–Trinajstić information content (AvgIpc) is 2.68. The van der Waals surface area contributed by atoms with E-state index in [1.165, 1.54) is 49.8 Å². The molecule has 4 nitrogen and oxygen atoms in total. The topological polar surface area (TPSA) is 47.1 Å². The lowest BCUT2D eigenvalue weighted by Gasteiger charge is -2.17. The Morgan fingerprint density at radius 2 is 1.82 bits per heavy atom. The monoisotopic (exact) mass is 234 g/mol. The molecule has 1 aromatic heterocycles. The summed E-state index contributed by atoms with van der Waals surface area (Å²) >= 11 is 0. The van der Waals surface area contributed by atoms with E-state index in [9.17, 15) is 0 Å². The van der Waals surface area contributed by atoms with E-state index in [0.29, 0.717) is 6.04 Å². The molecule has 0 unspecified atom stereocenters. The molecular formula is C13H22N4. The summed E-state index contributed by atoms with van der Waals surface area (Å²) < 4.78 is 2.13. The van der Waals surface area contributed by atoms with E-state index in [1.54, 1.807) is 0 Å². The quantitative estimate of drug-likeness (QED) is 0.758. The average molecular weight is 234 g/mol. The predicted octanol–water partition coefficient (Wildman–Crippen LogP) is 2.31. The molecule has 0 atom stereocenters. The smallest absolute Gasteiger partial charge is 0.126 e. The first-order valence-electron chi connectivity index (χ1n) is 6.80. The van der Waals surface area contributed by atoms with Crippen molar-refractivity contribution in [3.63, 3.8) is 0 Å². The molecule has 1 aliphatic heterocycles. The van der Waals surface area contributed by atoms with Gasteiger partial charge in [0.2, 0.25) is 0 Å². The van der Waals surface area contributed by atoms with Gasteiger partial charge in [-0.2, -0.15) is 5.10 Å². The van der Waals surface area contributed by atoms with E-state index >= 15 is 0 Å². The molecular weight excluding hydrogens is 212 g/mol. The van der Waals surface area contributed by atoms with Crippen molar-refractivity contribution in [1.82, 2.24) is 14.7 Å². The molecule has 0 spiro atoms. The van der Waals surface area contributed by atoms with Crippen LogP contribution >= 0.6 is 0 Å². The Morgan fingerprint density at radius 3 is 2.47 bits per heavy atom. The molecule has 0 bridgehead atoms. The van der Waals surface area contributed by atoms with Crippen LogP contribution < -0.4 is 5.73 Å². The highest BCUT2D eigenvalue weighted by atomic mass is 15.4. The minimum atomic E-state index is 0.549. The number of hydrogen-bond acceptors (Lipinski definition) is 3. The number of aromatic nitrogens is 2. The molecule has 1 saturated carbocycles. The molecule has 2 heterocycles. The van der Waals surface area contributed by atoms with E-state index in [4.69, 9.17) is 10.8 Å². The van der Waals surface area contributed by atoms with Crippen LogP contribution in [0.5, 0.6) is 0 Å². The van der Waals surface area contributed by atoms with Crippen LogP contribution in [0.4, 0.5) is 5.82 Å². The summed E-state index contributed by atoms with van der Waals surface area (Å²) in [5.74, 6) is 0.927. The number of nitrogen functional groups attached to an aromatic ring is 1. The summed E-state index contributed by atoms with van der Waals surface area (Å²) in [6.07, 6.45) is 7.91. The second-order valence-electron chi connectivity index (χ2n) is 5.57. The SMILES string of the molecule is CN1Cc2nn(C3CCCCCC3)c(N)c2C1. The van der Waals surface area contributed by atoms with Gasteiger partial charge in [-0.15, -0.1) is 0 Å². The van der Waals surface area contributed by atoms with Gasteiger partial charge < -0.3 is 5.73 Å². The zero-order chi connectivity index (χ0) is 11.8. The van der Waals surface area contributed by atoms with Gasteiger partial charge in [0.1, 0.15) is 5.82 Å². The molecule has 1 aliphatic carbocycles. The van der Waals surface area contributed by atoms with Gasteiger partial charge in [0.15, 0.2) is 0 Å². The van der Waals surface area contributed by atoms with Crippen LogP contribution in [0.1, 0.15) is 55.8 Å². The summed E-state index contributed by atoms with van der Waals surface area (Å²) in [5, 5.41) is 4.76. The largest absolute Gasteiger partial charge is 0.384 e. The van der Waals surface area contributed by atoms with Gasteiger partial charge in [-0.05, 0) is 19.9 Å². The van der Waals surface area contributed by atoms with Gasteiger partial charge in [-0.3, -0.25) is 4.90 Å². The van der Waals surface area contributed by atoms with Crippen LogP contribution in [-0.2, 0) is 13.1 Å². The zero-order valence-corrected chi connectivity index (χ0v) is 10.7. The zero-order valence-electron chi connectivity index (χ0n) is 10.7. The maximum Gasteiger partial charge on any atom is 0.126 e. The van der Waals surface area contributed by atoms with Gasteiger partial charge >= 0.3 is 0 Å². The maximum absolute atomic E-state index is 6.27. The lowest BCUT2D eigenvalue weighted by atomic mass is 10.1. The third kappa shape index (κ3) is 1.95. The fourth-order valence-corrected chi connectivity index (χ4v) is 3.19. The second kappa shape index (κ2) is 4.33. The van der Waals surface area contributed by atoms with Crippen molar-refractivity contribution in [3.05, 3.63) is 11.3 Å². The Bertz CT molecular complexity index is 402. The molecule has 2 aliphatic rings. The van der Waals surface area contributed by atoms with Crippen LogP contribution in [0.25, 0.3) is 0 Å². The first-order chi connectivity index (χ1) is 8.25. The van der Waals surface area contributed by atoms with Gasteiger partial charge in [-0.25, -0.2) is 4.68 Å². The third-order valence-corrected chi connectivity index (χ3v) is 4.15. The highest BCUT2D eigenvalue weighted by Gasteiger charge is 2.26. The summed E-state index contributed by atoms with van der Waals surface area (Å²) in [5.41, 5.74) is 8.75. The number of anilines is 1. The van der Waals surface area contributed by atoms with Crippen molar-refractivity contribution in [1.29, 1.82) is 0 Å². The summed E-state index contributed by atoms with van der Waals surface area (Å²) in [6.45, 7) is 1.92. The first-order valence-corrected chi connectivity index (χ1v) is 6.80. The number of fused-ring (bicyclic) bond motifs is 1. The van der Waals surface area contributed by atoms with Crippen LogP contribution in [0.3, 0.4) is 0 Å². The van der Waals surface area contributed by atoms with Crippen LogP contribution in [0.2, 0.25) is 0 Å². The van der Waals surface area contributed by atoms with E-state index in [1.807, 2.05) is 0 Å². The van der Waals surface area contributed by atoms with Gasteiger partial charge in [-0.1, -0.05) is 25.7 Å². The van der Waals surface area contributed by atoms with Crippen molar-refractivity contribution in [3.8, 4) is 0 Å². The van der Waals surface area contributed by atoms with Gasteiger partial charge in [0, 0.05) is 18.7 Å². The lowest BCUT2D eigenvalue weighted by Crippen LogP contribution is -2.16. The summed E-state index contributed by atoms with van der Waals surface area (Å²) in [4.78, 5) is 2.27. The fraction of sp³-hybridized carbons (Fsp3) is 0.769. The Hall–Kier alpha value is -1.03. The predicted molar refractivity (Wildman–Crippen MR) is 68.5 cm³/mol. The minimum absolute atomic E-state index is 0.549. The Balaban J connectivity index is 1.86. The maximum atomic E-state index is 6.27. The van der Waals surface area contributed by atoms with Crippen molar-refractivity contribution in [2.75, 3.05) is 12.8 Å². The second-order valence-corrected chi connectivity index (χ2v) is 5.57. The summed E-state index contributed by atoms with van der Waals surface area (Å²) in [6, 6.07) is 0.549. The van der Waals surface area contributed by atoms with Crippen molar-refractivity contribution in [2.45, 2.75) is 57.7 Å². The van der Waals surface area contributed by atoms with Gasteiger partial charge in [0.25, 0.3) is 0 Å². The number of nitrogens with zero attached hydrogens (tertiary/aromatic N) is 3. The Morgan fingerprint density at radius 1 is 1.12 bits per heavy atom. The molecule has 3 rings (SSSR count). The van der Waals surface area contributed by atoms with Gasteiger partial charge in [0.05, 0.1) is 11.7 Å². The van der Waals surface area contributed by atoms with E-state index in [-0.39, 0.29) is 0 Å². The van der Waals surface area contributed by atoms with Crippen molar-refractivity contribution < 1.29 is 0 Å². The molecule has 1 fully saturated rings. The molecule has 0 amide bonds. The van der Waals surface area contributed by atoms with Crippen molar-refractivity contribution in [2.24, 2.45) is 0 Å². The molecule has 0 radical (unpaired) electrons. The molecule has 0 saturated heterocycles. The minimum Gasteiger partial charge on any atom is -0.384 e. The van der Waals surface area contributed by atoms with Crippen molar-refractivity contribution >= 4 is 5.82 Å². The molecule has 2 N–H and O–H groups in total.